The van der Waals surface area contributed by atoms with Crippen LogP contribution in [0.2, 0.25) is 0 Å². The zero-order chi connectivity index (χ0) is 20.5. The van der Waals surface area contributed by atoms with Gasteiger partial charge in [-0.2, -0.15) is 0 Å². The number of aromatic nitrogens is 3. The van der Waals surface area contributed by atoms with E-state index in [0.717, 1.165) is 6.39 Å². The Kier molecular flexibility index (Phi) is 4.59. The minimum atomic E-state index is -0.593. The van der Waals surface area contributed by atoms with Crippen LogP contribution in [0.1, 0.15) is 16.2 Å². The third-order valence-corrected chi connectivity index (χ3v) is 4.68. The van der Waals surface area contributed by atoms with Crippen molar-refractivity contribution in [2.75, 3.05) is 5.32 Å². The fraction of sp³-hybridized carbons (Fsp3) is 0.0952. The molecule has 29 heavy (non-hydrogen) atoms. The van der Waals surface area contributed by atoms with Crippen molar-refractivity contribution < 1.29 is 13.6 Å². The normalized spacial score (nSPS) is 10.9. The first-order valence-electron chi connectivity index (χ1n) is 8.82. The lowest BCUT2D eigenvalue weighted by Gasteiger charge is -2.07. The van der Waals surface area contributed by atoms with Crippen LogP contribution in [0.5, 0.6) is 0 Å². The van der Waals surface area contributed by atoms with Gasteiger partial charge in [-0.1, -0.05) is 18.2 Å². The van der Waals surface area contributed by atoms with E-state index in [1.165, 1.54) is 28.9 Å². The maximum Gasteiger partial charge on any atom is 0.295 e. The molecule has 8 heteroatoms. The first-order valence-corrected chi connectivity index (χ1v) is 8.82. The van der Waals surface area contributed by atoms with Crippen molar-refractivity contribution in [3.8, 4) is 17.0 Å². The second-order valence-corrected chi connectivity index (χ2v) is 6.43. The summed E-state index contributed by atoms with van der Waals surface area (Å²) in [7, 11) is 1.74. The minimum Gasteiger partial charge on any atom is -0.443 e. The summed E-state index contributed by atoms with van der Waals surface area (Å²) >= 11 is 0. The molecule has 2 aromatic heterocycles. The van der Waals surface area contributed by atoms with Crippen LogP contribution in [0, 0.1) is 12.7 Å². The van der Waals surface area contributed by atoms with Gasteiger partial charge >= 0.3 is 0 Å². The summed E-state index contributed by atoms with van der Waals surface area (Å²) in [6, 6.07) is 14.6. The van der Waals surface area contributed by atoms with Crippen LogP contribution in [0.15, 0.2) is 70.2 Å². The molecule has 0 saturated heterocycles. The number of para-hydroxylation sites is 1. The fourth-order valence-electron chi connectivity index (χ4n) is 3.10. The highest BCUT2D eigenvalue weighted by Crippen LogP contribution is 2.24. The molecule has 2 aromatic carbocycles. The lowest BCUT2D eigenvalue weighted by Crippen LogP contribution is -2.23. The second kappa shape index (κ2) is 7.23. The van der Waals surface area contributed by atoms with Crippen molar-refractivity contribution in [2.45, 2.75) is 6.92 Å². The fourth-order valence-corrected chi connectivity index (χ4v) is 3.10. The molecule has 4 rings (SSSR count). The number of rotatable bonds is 4. The highest BCUT2D eigenvalue weighted by molar-refractivity contribution is 6.06. The van der Waals surface area contributed by atoms with Gasteiger partial charge in [0.25, 0.3) is 11.5 Å². The van der Waals surface area contributed by atoms with Crippen LogP contribution in [0.3, 0.4) is 0 Å². The Morgan fingerprint density at radius 1 is 1.10 bits per heavy atom. The van der Waals surface area contributed by atoms with Gasteiger partial charge in [-0.15, -0.1) is 0 Å². The Hall–Kier alpha value is -3.94. The van der Waals surface area contributed by atoms with E-state index in [-0.39, 0.29) is 22.7 Å². The zero-order valence-electron chi connectivity index (χ0n) is 15.7. The summed E-state index contributed by atoms with van der Waals surface area (Å²) < 4.78 is 21.6. The number of nitrogens with one attached hydrogen (secondary N) is 1. The number of halogens is 1. The minimum absolute atomic E-state index is 0.00511. The number of hydrogen-bond acceptors (Lipinski definition) is 4. The van der Waals surface area contributed by atoms with Gasteiger partial charge in [-0.25, -0.2) is 14.1 Å². The Morgan fingerprint density at radius 3 is 2.48 bits per heavy atom. The molecule has 1 amide bonds. The molecule has 0 unspecified atom stereocenters. The van der Waals surface area contributed by atoms with Gasteiger partial charge in [-0.05, 0) is 43.3 Å². The summed E-state index contributed by atoms with van der Waals surface area (Å²) in [6.45, 7) is 1.74. The molecular formula is C21H17FN4O3. The lowest BCUT2D eigenvalue weighted by atomic mass is 10.1. The molecule has 1 N–H and O–H groups in total. The zero-order valence-corrected chi connectivity index (χ0v) is 15.7. The predicted octanol–water partition coefficient (Wildman–Crippen LogP) is 3.53. The van der Waals surface area contributed by atoms with E-state index in [2.05, 4.69) is 10.3 Å². The van der Waals surface area contributed by atoms with Gasteiger partial charge in [0.15, 0.2) is 17.8 Å². The van der Waals surface area contributed by atoms with Gasteiger partial charge in [0, 0.05) is 12.6 Å². The summed E-state index contributed by atoms with van der Waals surface area (Å²) in [6.07, 6.45) is 1.13. The second-order valence-electron chi connectivity index (χ2n) is 6.43. The molecule has 146 valence electrons. The standard InChI is InChI=1S/C21H17FN4O3/c1-13-17(21(28)26(25(13)2)16-6-4-3-5-7-16)24-20(27)18-19(29-12-23-18)14-8-10-15(22)11-9-14/h3-12H,1-2H3,(H,24,27). The number of nitrogens with zero attached hydrogens (tertiary/aromatic N) is 3. The summed E-state index contributed by atoms with van der Waals surface area (Å²) in [5.41, 5.74) is 1.55. The lowest BCUT2D eigenvalue weighted by molar-refractivity contribution is 0.102. The Balaban J connectivity index is 1.70. The van der Waals surface area contributed by atoms with Gasteiger partial charge in [0.1, 0.15) is 11.5 Å². The van der Waals surface area contributed by atoms with Crippen molar-refractivity contribution in [1.82, 2.24) is 14.3 Å². The highest BCUT2D eigenvalue weighted by atomic mass is 19.1. The van der Waals surface area contributed by atoms with Gasteiger partial charge < -0.3 is 9.73 Å². The van der Waals surface area contributed by atoms with E-state index in [4.69, 9.17) is 4.42 Å². The summed E-state index contributed by atoms with van der Waals surface area (Å²) in [4.78, 5) is 29.8. The Morgan fingerprint density at radius 2 is 1.79 bits per heavy atom. The smallest absolute Gasteiger partial charge is 0.295 e. The summed E-state index contributed by atoms with van der Waals surface area (Å²) in [5.74, 6) is -0.802. The molecule has 0 bridgehead atoms. The predicted molar refractivity (Wildman–Crippen MR) is 106 cm³/mol. The first-order chi connectivity index (χ1) is 14.0. The number of benzene rings is 2. The molecule has 0 aliphatic heterocycles. The molecule has 0 spiro atoms. The van der Waals surface area contributed by atoms with Crippen LogP contribution in [0.4, 0.5) is 10.1 Å². The average molecular weight is 392 g/mol. The molecule has 0 fully saturated rings. The third kappa shape index (κ3) is 3.25. The molecule has 0 saturated carbocycles. The van der Waals surface area contributed by atoms with E-state index in [0.29, 0.717) is 16.9 Å². The molecule has 0 aliphatic rings. The quantitative estimate of drug-likeness (QED) is 0.576. The monoisotopic (exact) mass is 392 g/mol. The van der Waals surface area contributed by atoms with E-state index in [1.54, 1.807) is 30.8 Å². The molecule has 0 radical (unpaired) electrons. The molecule has 0 aliphatic carbocycles. The van der Waals surface area contributed by atoms with Gasteiger partial charge in [0.2, 0.25) is 0 Å². The van der Waals surface area contributed by atoms with E-state index in [1.807, 2.05) is 18.2 Å². The van der Waals surface area contributed by atoms with Crippen molar-refractivity contribution in [3.05, 3.63) is 88.5 Å². The van der Waals surface area contributed by atoms with Gasteiger partial charge in [-0.3, -0.25) is 14.3 Å². The Labute approximate surface area is 165 Å². The van der Waals surface area contributed by atoms with Gasteiger partial charge in [0.05, 0.1) is 11.4 Å². The molecule has 4 aromatic rings. The number of carbonyl (C=O) groups excluding carboxylic acids is 1. The number of amides is 1. The van der Waals surface area contributed by atoms with E-state index in [9.17, 15) is 14.0 Å². The average Bonchev–Trinajstić information content (AvgIpc) is 3.29. The Bertz CT molecular complexity index is 1240. The van der Waals surface area contributed by atoms with Crippen molar-refractivity contribution in [2.24, 2.45) is 7.05 Å². The summed E-state index contributed by atoms with van der Waals surface area (Å²) in [5, 5.41) is 2.64. The van der Waals surface area contributed by atoms with E-state index < -0.39 is 11.7 Å². The number of carbonyl (C=O) groups is 1. The van der Waals surface area contributed by atoms with Crippen LogP contribution < -0.4 is 10.9 Å². The maximum absolute atomic E-state index is 13.2. The van der Waals surface area contributed by atoms with Crippen molar-refractivity contribution in [1.29, 1.82) is 0 Å². The number of hydrogen-bond donors (Lipinski definition) is 1. The maximum atomic E-state index is 13.2. The third-order valence-electron chi connectivity index (χ3n) is 4.68. The van der Waals surface area contributed by atoms with Crippen LogP contribution in [0.25, 0.3) is 17.0 Å². The number of oxazole rings is 1. The highest BCUT2D eigenvalue weighted by Gasteiger charge is 2.23. The molecular weight excluding hydrogens is 375 g/mol. The molecule has 0 atom stereocenters. The van der Waals surface area contributed by atoms with Crippen molar-refractivity contribution >= 4 is 11.6 Å². The SMILES string of the molecule is Cc1c(NC(=O)c2ncoc2-c2ccc(F)cc2)c(=O)n(-c2ccccc2)n1C. The van der Waals surface area contributed by atoms with Crippen molar-refractivity contribution in [3.63, 3.8) is 0 Å². The van der Waals surface area contributed by atoms with Crippen LogP contribution >= 0.6 is 0 Å². The molecule has 7 nitrogen and oxygen atoms in total. The van der Waals surface area contributed by atoms with Crippen LogP contribution in [-0.4, -0.2) is 20.3 Å². The van der Waals surface area contributed by atoms with E-state index >= 15 is 0 Å². The first kappa shape index (κ1) is 18.4. The molecule has 2 heterocycles. The number of anilines is 1. The van der Waals surface area contributed by atoms with Crippen LogP contribution in [-0.2, 0) is 7.05 Å². The topological polar surface area (TPSA) is 82.1 Å². The largest absolute Gasteiger partial charge is 0.443 e.